The highest BCUT2D eigenvalue weighted by Crippen LogP contribution is 2.34. The Bertz CT molecular complexity index is 892. The van der Waals surface area contributed by atoms with Gasteiger partial charge < -0.3 is 4.74 Å². The third-order valence-electron chi connectivity index (χ3n) is 4.02. The molecule has 3 aromatic carbocycles. The maximum Gasteiger partial charge on any atom is 0.192 e. The zero-order valence-electron chi connectivity index (χ0n) is 12.0. The van der Waals surface area contributed by atoms with Crippen LogP contribution in [0.15, 0.2) is 78.6 Å². The molecule has 0 saturated heterocycles. The molecular weight excluding hydrogens is 272 g/mol. The van der Waals surface area contributed by atoms with Gasteiger partial charge in [0.15, 0.2) is 5.78 Å². The van der Waals surface area contributed by atoms with Crippen LogP contribution in [-0.4, -0.2) is 5.78 Å². The first-order valence-corrected chi connectivity index (χ1v) is 7.29. The summed E-state index contributed by atoms with van der Waals surface area (Å²) in [5, 5.41) is 2.31. The lowest BCUT2D eigenvalue weighted by Gasteiger charge is -2.18. The molecule has 3 aromatic rings. The van der Waals surface area contributed by atoms with Gasteiger partial charge in [-0.3, -0.25) is 4.79 Å². The number of allylic oxidation sites excluding steroid dienone is 1. The van der Waals surface area contributed by atoms with E-state index < -0.39 is 0 Å². The van der Waals surface area contributed by atoms with Gasteiger partial charge in [-0.1, -0.05) is 60.7 Å². The quantitative estimate of drug-likeness (QED) is 0.646. The molecule has 0 spiro atoms. The van der Waals surface area contributed by atoms with Gasteiger partial charge in [0.1, 0.15) is 5.75 Å². The molecule has 0 saturated carbocycles. The molecule has 0 atom stereocenters. The highest BCUT2D eigenvalue weighted by Gasteiger charge is 2.21. The van der Waals surface area contributed by atoms with Gasteiger partial charge >= 0.3 is 0 Å². The van der Waals surface area contributed by atoms with Crippen LogP contribution >= 0.6 is 0 Å². The number of hydrogen-bond donors (Lipinski definition) is 0. The van der Waals surface area contributed by atoms with Gasteiger partial charge in [0.05, 0.1) is 6.26 Å². The van der Waals surface area contributed by atoms with E-state index in [1.54, 1.807) is 6.26 Å². The zero-order valence-corrected chi connectivity index (χ0v) is 12.0. The molecule has 0 N–H and O–H groups in total. The summed E-state index contributed by atoms with van der Waals surface area (Å²) in [7, 11) is 0. The predicted octanol–water partition coefficient (Wildman–Crippen LogP) is 4.54. The molecule has 0 radical (unpaired) electrons. The van der Waals surface area contributed by atoms with E-state index in [0.717, 1.165) is 16.7 Å². The fraction of sp³-hybridized carbons (Fsp3) is 0.0500. The average Bonchev–Trinajstić information content (AvgIpc) is 2.61. The Balaban J connectivity index is 1.75. The molecule has 0 bridgehead atoms. The van der Waals surface area contributed by atoms with Crippen molar-refractivity contribution in [1.82, 2.24) is 0 Å². The fourth-order valence-corrected chi connectivity index (χ4v) is 2.88. The number of carbonyl (C=O) groups is 1. The van der Waals surface area contributed by atoms with Crippen molar-refractivity contribution in [3.63, 3.8) is 0 Å². The zero-order chi connectivity index (χ0) is 14.9. The summed E-state index contributed by atoms with van der Waals surface area (Å²) >= 11 is 0. The molecular formula is C20H14O2. The van der Waals surface area contributed by atoms with Crippen LogP contribution in [0.5, 0.6) is 5.75 Å². The van der Waals surface area contributed by atoms with E-state index in [2.05, 4.69) is 12.1 Å². The van der Waals surface area contributed by atoms with E-state index in [4.69, 9.17) is 4.74 Å². The van der Waals surface area contributed by atoms with Crippen LogP contribution in [0, 0.1) is 0 Å². The first kappa shape index (κ1) is 12.8. The van der Waals surface area contributed by atoms with Crippen LogP contribution in [0.2, 0.25) is 0 Å². The molecule has 1 aliphatic heterocycles. The Labute approximate surface area is 128 Å². The summed E-state index contributed by atoms with van der Waals surface area (Å²) in [6.45, 7) is 0. The van der Waals surface area contributed by atoms with Crippen molar-refractivity contribution >= 4 is 16.6 Å². The van der Waals surface area contributed by atoms with Crippen LogP contribution in [0.3, 0.4) is 0 Å². The Morgan fingerprint density at radius 1 is 0.864 bits per heavy atom. The molecule has 22 heavy (non-hydrogen) atoms. The van der Waals surface area contributed by atoms with E-state index in [-0.39, 0.29) is 5.78 Å². The number of carbonyl (C=O) groups excluding carboxylic acids is 1. The van der Waals surface area contributed by atoms with Crippen LogP contribution < -0.4 is 4.74 Å². The molecule has 2 heteroatoms. The number of ether oxygens (including phenoxy) is 1. The van der Waals surface area contributed by atoms with Crippen molar-refractivity contribution in [2.24, 2.45) is 0 Å². The second-order valence-corrected chi connectivity index (χ2v) is 5.40. The van der Waals surface area contributed by atoms with E-state index in [1.165, 1.54) is 5.39 Å². The topological polar surface area (TPSA) is 26.3 Å². The Morgan fingerprint density at radius 3 is 2.50 bits per heavy atom. The fourth-order valence-electron chi connectivity index (χ4n) is 2.88. The normalized spacial score (nSPS) is 13.2. The monoisotopic (exact) mass is 286 g/mol. The van der Waals surface area contributed by atoms with Crippen LogP contribution in [0.1, 0.15) is 15.9 Å². The predicted molar refractivity (Wildman–Crippen MR) is 87.1 cm³/mol. The molecule has 0 aromatic heterocycles. The summed E-state index contributed by atoms with van der Waals surface area (Å²) in [5.41, 5.74) is 2.47. The van der Waals surface area contributed by atoms with Gasteiger partial charge in [0.25, 0.3) is 0 Å². The summed E-state index contributed by atoms with van der Waals surface area (Å²) in [4.78, 5) is 12.6. The number of ketones is 1. The number of Topliss-reactive ketones (excluding diaryl/α,β-unsaturated/α-hetero) is 1. The number of fused-ring (bicyclic) bond motifs is 3. The van der Waals surface area contributed by atoms with Gasteiger partial charge in [-0.05, 0) is 16.8 Å². The molecule has 106 valence electrons. The van der Waals surface area contributed by atoms with Crippen LogP contribution in [0.25, 0.3) is 10.8 Å². The Hall–Kier alpha value is -2.87. The van der Waals surface area contributed by atoms with Crippen molar-refractivity contribution < 1.29 is 9.53 Å². The highest BCUT2D eigenvalue weighted by molar-refractivity contribution is 6.09. The lowest BCUT2D eigenvalue weighted by molar-refractivity contribution is 0.102. The molecule has 2 nitrogen and oxygen atoms in total. The van der Waals surface area contributed by atoms with Crippen LogP contribution in [-0.2, 0) is 6.42 Å². The summed E-state index contributed by atoms with van der Waals surface area (Å²) in [6.07, 6.45) is 2.19. The minimum absolute atomic E-state index is 0.0270. The molecule has 0 unspecified atom stereocenters. The lowest BCUT2D eigenvalue weighted by atomic mass is 9.93. The molecule has 1 heterocycles. The Morgan fingerprint density at radius 2 is 1.64 bits per heavy atom. The second kappa shape index (κ2) is 5.15. The van der Waals surface area contributed by atoms with Crippen molar-refractivity contribution in [1.29, 1.82) is 0 Å². The summed E-state index contributed by atoms with van der Waals surface area (Å²) in [5.74, 6) is 0.863. The molecule has 0 aliphatic carbocycles. The second-order valence-electron chi connectivity index (χ2n) is 5.40. The minimum Gasteiger partial charge on any atom is -0.464 e. The van der Waals surface area contributed by atoms with Crippen molar-refractivity contribution in [2.45, 2.75) is 6.42 Å². The number of hydrogen-bond acceptors (Lipinski definition) is 2. The number of rotatable bonds is 2. The summed E-state index contributed by atoms with van der Waals surface area (Å²) in [6, 6.07) is 21.5. The van der Waals surface area contributed by atoms with Gasteiger partial charge in [-0.25, -0.2) is 0 Å². The van der Waals surface area contributed by atoms with E-state index >= 15 is 0 Å². The van der Waals surface area contributed by atoms with Gasteiger partial charge in [-0.2, -0.15) is 0 Å². The molecule has 0 amide bonds. The maximum absolute atomic E-state index is 12.6. The van der Waals surface area contributed by atoms with Crippen molar-refractivity contribution in [2.75, 3.05) is 0 Å². The summed E-state index contributed by atoms with van der Waals surface area (Å²) < 4.78 is 5.70. The SMILES string of the molecule is O=C(C1=COc2ccc3ccccc3c2C1)c1ccccc1. The molecule has 1 aliphatic rings. The van der Waals surface area contributed by atoms with E-state index in [1.807, 2.05) is 54.6 Å². The first-order valence-electron chi connectivity index (χ1n) is 7.29. The van der Waals surface area contributed by atoms with Gasteiger partial charge in [0, 0.05) is 23.1 Å². The van der Waals surface area contributed by atoms with Gasteiger partial charge in [-0.15, -0.1) is 0 Å². The number of benzene rings is 3. The molecule has 0 fully saturated rings. The van der Waals surface area contributed by atoms with Gasteiger partial charge in [0.2, 0.25) is 0 Å². The molecule has 4 rings (SSSR count). The highest BCUT2D eigenvalue weighted by atomic mass is 16.5. The largest absolute Gasteiger partial charge is 0.464 e. The van der Waals surface area contributed by atoms with Crippen LogP contribution in [0.4, 0.5) is 0 Å². The van der Waals surface area contributed by atoms with E-state index in [9.17, 15) is 4.79 Å². The average molecular weight is 286 g/mol. The third-order valence-corrected chi connectivity index (χ3v) is 4.02. The van der Waals surface area contributed by atoms with Crippen molar-refractivity contribution in [3.05, 3.63) is 89.7 Å². The Kier molecular flexibility index (Phi) is 3.01. The first-order chi connectivity index (χ1) is 10.8. The van der Waals surface area contributed by atoms with E-state index in [0.29, 0.717) is 17.6 Å². The lowest BCUT2D eigenvalue weighted by Crippen LogP contribution is -2.12. The van der Waals surface area contributed by atoms with Crippen molar-refractivity contribution in [3.8, 4) is 5.75 Å². The smallest absolute Gasteiger partial charge is 0.192 e. The maximum atomic E-state index is 12.6. The third kappa shape index (κ3) is 2.09. The standard InChI is InChI=1S/C20H14O2/c21-20(15-7-2-1-3-8-15)16-12-18-17-9-5-4-6-14(17)10-11-19(18)22-13-16/h1-11,13H,12H2. The minimum atomic E-state index is 0.0270.